The maximum atomic E-state index is 4.69. The van der Waals surface area contributed by atoms with Crippen molar-refractivity contribution >= 4 is 0 Å². The highest BCUT2D eigenvalue weighted by atomic mass is 14.7. The molecule has 0 saturated heterocycles. The summed E-state index contributed by atoms with van der Waals surface area (Å²) in [6, 6.07) is 0. The van der Waals surface area contributed by atoms with Crippen LogP contribution in [-0.4, -0.2) is 0 Å². The summed E-state index contributed by atoms with van der Waals surface area (Å²) in [5, 5.41) is 0. The van der Waals surface area contributed by atoms with Gasteiger partial charge in [0.05, 0.1) is 0 Å². The normalized spacial score (nSPS) is 45.4. The molecule has 4 rings (SSSR count). The quantitative estimate of drug-likeness (QED) is 0.369. The van der Waals surface area contributed by atoms with E-state index in [4.69, 9.17) is 6.58 Å². The molecule has 0 bridgehead atoms. The van der Waals surface area contributed by atoms with Gasteiger partial charge in [0, 0.05) is 5.41 Å². The van der Waals surface area contributed by atoms with Gasteiger partial charge in [-0.2, -0.15) is 0 Å². The standard InChI is InChI=1S/C25H34/c1-6-13-24(5)14-12-22-21-11-9-19-15-17(3)8-10-20(19)23(21)18(4)16-25(22,24)7-2/h9,15,20-23H,4,7-8,10-12,14,16H2,1-3,5H3. The molecule has 6 unspecified atom stereocenters. The number of hydrogen-bond acceptors (Lipinski definition) is 0. The molecule has 4 aliphatic rings. The van der Waals surface area contributed by atoms with Crippen molar-refractivity contribution in [1.29, 1.82) is 0 Å². The predicted octanol–water partition coefficient (Wildman–Crippen LogP) is 6.70. The Balaban J connectivity index is 1.76. The van der Waals surface area contributed by atoms with Gasteiger partial charge in [0.1, 0.15) is 0 Å². The number of rotatable bonds is 1. The van der Waals surface area contributed by atoms with Crippen molar-refractivity contribution in [2.45, 2.75) is 72.6 Å². The third-order valence-electron chi connectivity index (χ3n) is 8.54. The topological polar surface area (TPSA) is 0 Å². The van der Waals surface area contributed by atoms with E-state index in [-0.39, 0.29) is 5.41 Å². The maximum absolute atomic E-state index is 4.69. The third-order valence-corrected chi connectivity index (χ3v) is 8.54. The average Bonchev–Trinajstić information content (AvgIpc) is 2.87. The van der Waals surface area contributed by atoms with Crippen LogP contribution in [0.3, 0.4) is 0 Å². The molecule has 0 radical (unpaired) electrons. The van der Waals surface area contributed by atoms with Crippen LogP contribution < -0.4 is 0 Å². The fourth-order valence-corrected chi connectivity index (χ4v) is 7.42. The van der Waals surface area contributed by atoms with Crippen LogP contribution in [0.25, 0.3) is 0 Å². The van der Waals surface area contributed by atoms with E-state index >= 15 is 0 Å². The lowest BCUT2D eigenvalue weighted by Crippen LogP contribution is -2.50. The van der Waals surface area contributed by atoms with Gasteiger partial charge in [0.25, 0.3) is 0 Å². The Hall–Kier alpha value is -1.22. The van der Waals surface area contributed by atoms with Crippen molar-refractivity contribution in [3.05, 3.63) is 35.5 Å². The van der Waals surface area contributed by atoms with E-state index < -0.39 is 0 Å². The minimum atomic E-state index is 0.183. The van der Waals surface area contributed by atoms with Crippen LogP contribution in [-0.2, 0) is 0 Å². The summed E-state index contributed by atoms with van der Waals surface area (Å²) in [4.78, 5) is 0. The lowest BCUT2D eigenvalue weighted by Gasteiger charge is -2.56. The highest BCUT2D eigenvalue weighted by Gasteiger charge is 2.62. The van der Waals surface area contributed by atoms with E-state index in [2.05, 4.69) is 44.8 Å². The highest BCUT2D eigenvalue weighted by Crippen LogP contribution is 2.69. The third kappa shape index (κ3) is 2.27. The Labute approximate surface area is 154 Å². The van der Waals surface area contributed by atoms with Crippen LogP contribution in [0.2, 0.25) is 0 Å². The minimum Gasteiger partial charge on any atom is -0.106 e. The Kier molecular flexibility index (Phi) is 4.06. The summed E-state index contributed by atoms with van der Waals surface area (Å²) in [6.45, 7) is 13.9. The molecule has 2 fully saturated rings. The van der Waals surface area contributed by atoms with Gasteiger partial charge in [-0.05, 0) is 100 Å². The largest absolute Gasteiger partial charge is 0.106 e. The Morgan fingerprint density at radius 1 is 1.32 bits per heavy atom. The molecule has 2 saturated carbocycles. The molecule has 0 aliphatic heterocycles. The zero-order valence-corrected chi connectivity index (χ0v) is 16.6. The second-order valence-corrected chi connectivity index (χ2v) is 9.46. The molecule has 0 nitrogen and oxygen atoms in total. The van der Waals surface area contributed by atoms with Gasteiger partial charge in [-0.25, -0.2) is 0 Å². The number of allylic oxidation sites excluding steroid dienone is 5. The molecule has 25 heavy (non-hydrogen) atoms. The van der Waals surface area contributed by atoms with Gasteiger partial charge < -0.3 is 0 Å². The summed E-state index contributed by atoms with van der Waals surface area (Å²) >= 11 is 0. The van der Waals surface area contributed by atoms with Crippen LogP contribution in [0, 0.1) is 46.3 Å². The van der Waals surface area contributed by atoms with Crippen LogP contribution in [0.1, 0.15) is 72.6 Å². The number of hydrogen-bond donors (Lipinski definition) is 0. The first kappa shape index (κ1) is 17.2. The Morgan fingerprint density at radius 3 is 2.84 bits per heavy atom. The molecule has 0 N–H and O–H groups in total. The second kappa shape index (κ2) is 5.90. The lowest BCUT2D eigenvalue weighted by molar-refractivity contribution is -0.00751. The van der Waals surface area contributed by atoms with Crippen molar-refractivity contribution < 1.29 is 0 Å². The molecule has 0 heterocycles. The van der Waals surface area contributed by atoms with Crippen molar-refractivity contribution in [3.63, 3.8) is 0 Å². The van der Waals surface area contributed by atoms with E-state index in [1.807, 2.05) is 6.92 Å². The van der Waals surface area contributed by atoms with E-state index in [9.17, 15) is 0 Å². The van der Waals surface area contributed by atoms with Crippen molar-refractivity contribution in [3.8, 4) is 11.8 Å². The monoisotopic (exact) mass is 334 g/mol. The predicted molar refractivity (Wildman–Crippen MR) is 107 cm³/mol. The molecule has 0 aromatic heterocycles. The fourth-order valence-electron chi connectivity index (χ4n) is 7.42. The lowest BCUT2D eigenvalue weighted by atomic mass is 9.47. The van der Waals surface area contributed by atoms with Gasteiger partial charge in [-0.1, -0.05) is 42.7 Å². The summed E-state index contributed by atoms with van der Waals surface area (Å²) in [5.74, 6) is 10.1. The maximum Gasteiger partial charge on any atom is 0.0348 e. The van der Waals surface area contributed by atoms with E-state index in [0.29, 0.717) is 5.41 Å². The molecule has 0 aromatic rings. The molecule has 0 heteroatoms. The van der Waals surface area contributed by atoms with Gasteiger partial charge in [0.2, 0.25) is 0 Å². The van der Waals surface area contributed by atoms with Gasteiger partial charge in [0.15, 0.2) is 0 Å². The second-order valence-electron chi connectivity index (χ2n) is 9.46. The molecular formula is C25H34. The van der Waals surface area contributed by atoms with Crippen molar-refractivity contribution in [2.75, 3.05) is 0 Å². The molecule has 4 aliphatic carbocycles. The molecule has 0 spiro atoms. The van der Waals surface area contributed by atoms with Crippen LogP contribution in [0.15, 0.2) is 35.5 Å². The Bertz CT molecular complexity index is 708. The van der Waals surface area contributed by atoms with Crippen LogP contribution >= 0.6 is 0 Å². The van der Waals surface area contributed by atoms with Crippen LogP contribution in [0.4, 0.5) is 0 Å². The zero-order chi connectivity index (χ0) is 17.8. The fraction of sp³-hybridized carbons (Fsp3) is 0.680. The van der Waals surface area contributed by atoms with Gasteiger partial charge in [-0.3, -0.25) is 0 Å². The highest BCUT2D eigenvalue weighted by molar-refractivity contribution is 5.37. The summed E-state index contributed by atoms with van der Waals surface area (Å²) in [5.41, 5.74) is 5.29. The van der Waals surface area contributed by atoms with E-state index in [0.717, 1.165) is 23.7 Å². The van der Waals surface area contributed by atoms with Crippen molar-refractivity contribution in [2.24, 2.45) is 34.5 Å². The molecule has 6 atom stereocenters. The molecular weight excluding hydrogens is 300 g/mol. The van der Waals surface area contributed by atoms with E-state index in [1.165, 1.54) is 44.9 Å². The molecule has 0 aromatic carbocycles. The van der Waals surface area contributed by atoms with Crippen LogP contribution in [0.5, 0.6) is 0 Å². The van der Waals surface area contributed by atoms with E-state index in [1.54, 1.807) is 16.7 Å². The number of fused-ring (bicyclic) bond motifs is 5. The zero-order valence-electron chi connectivity index (χ0n) is 16.6. The average molecular weight is 335 g/mol. The van der Waals surface area contributed by atoms with Gasteiger partial charge in [-0.15, -0.1) is 5.92 Å². The summed E-state index contributed by atoms with van der Waals surface area (Å²) < 4.78 is 0. The summed E-state index contributed by atoms with van der Waals surface area (Å²) in [7, 11) is 0. The summed E-state index contributed by atoms with van der Waals surface area (Å²) in [6.07, 6.45) is 14.1. The van der Waals surface area contributed by atoms with Gasteiger partial charge >= 0.3 is 0 Å². The first-order valence-electron chi connectivity index (χ1n) is 10.4. The smallest absolute Gasteiger partial charge is 0.0348 e. The molecule has 134 valence electrons. The minimum absolute atomic E-state index is 0.183. The Morgan fingerprint density at radius 2 is 2.12 bits per heavy atom. The first-order valence-corrected chi connectivity index (χ1v) is 10.4. The first-order chi connectivity index (χ1) is 12.0. The van der Waals surface area contributed by atoms with Crippen molar-refractivity contribution in [1.82, 2.24) is 0 Å². The SMILES string of the molecule is C=C1CC2(CC)C(CCC2(C)C#CC)C2CC=C3C=C(C)CCC3C12. The molecule has 0 amide bonds.